The molecule has 16 heavy (non-hydrogen) atoms. The predicted molar refractivity (Wildman–Crippen MR) is 62.9 cm³/mol. The number of carbonyl (C=O) groups excluding carboxylic acids is 2. The van der Waals surface area contributed by atoms with Gasteiger partial charge < -0.3 is 15.8 Å². The maximum atomic E-state index is 11.6. The van der Waals surface area contributed by atoms with Crippen molar-refractivity contribution in [2.45, 2.75) is 0 Å². The highest BCUT2D eigenvalue weighted by Crippen LogP contribution is 2.17. The van der Waals surface area contributed by atoms with Crippen LogP contribution in [0.3, 0.4) is 0 Å². The van der Waals surface area contributed by atoms with E-state index in [1.807, 2.05) is 0 Å². The highest BCUT2D eigenvalue weighted by molar-refractivity contribution is 9.10. The zero-order valence-electron chi connectivity index (χ0n) is 8.62. The molecule has 0 fully saturated rings. The Hall–Kier alpha value is -1.56. The minimum absolute atomic E-state index is 0.165. The molecule has 1 aromatic carbocycles. The molecule has 0 aromatic heterocycles. The first-order valence-electron chi connectivity index (χ1n) is 4.44. The highest BCUT2D eigenvalue weighted by atomic mass is 79.9. The third-order valence-corrected chi connectivity index (χ3v) is 2.26. The number of esters is 1. The smallest absolute Gasteiger partial charge is 0.325 e. The molecule has 0 aliphatic carbocycles. The molecule has 0 aliphatic heterocycles. The quantitative estimate of drug-likeness (QED) is 0.640. The lowest BCUT2D eigenvalue weighted by Crippen LogP contribution is -2.30. The number of amides is 1. The number of carbonyl (C=O) groups is 2. The Balaban J connectivity index is 2.69. The second-order valence-corrected chi connectivity index (χ2v) is 3.95. The zero-order chi connectivity index (χ0) is 12.1. The summed E-state index contributed by atoms with van der Waals surface area (Å²) in [6.45, 7) is -0.165. The third-order valence-electron chi connectivity index (χ3n) is 1.80. The predicted octanol–water partition coefficient (Wildman–Crippen LogP) is 0.934. The largest absolute Gasteiger partial charge is 0.468 e. The Morgan fingerprint density at radius 1 is 1.44 bits per heavy atom. The van der Waals surface area contributed by atoms with E-state index in [1.165, 1.54) is 13.2 Å². The van der Waals surface area contributed by atoms with Gasteiger partial charge in [0.25, 0.3) is 5.91 Å². The first-order valence-corrected chi connectivity index (χ1v) is 5.23. The number of hydrogen-bond acceptors (Lipinski definition) is 4. The Kier molecular flexibility index (Phi) is 4.30. The molecule has 0 unspecified atom stereocenters. The molecule has 6 heteroatoms. The molecule has 1 rings (SSSR count). The van der Waals surface area contributed by atoms with E-state index in [-0.39, 0.29) is 12.5 Å². The number of halogens is 1. The van der Waals surface area contributed by atoms with E-state index < -0.39 is 5.97 Å². The second-order valence-electron chi connectivity index (χ2n) is 3.03. The fourth-order valence-electron chi connectivity index (χ4n) is 1.07. The number of benzene rings is 1. The Morgan fingerprint density at radius 2 is 2.12 bits per heavy atom. The maximum Gasteiger partial charge on any atom is 0.325 e. The van der Waals surface area contributed by atoms with Crippen molar-refractivity contribution in [3.05, 3.63) is 28.2 Å². The molecule has 0 atom stereocenters. The monoisotopic (exact) mass is 286 g/mol. The van der Waals surface area contributed by atoms with Crippen LogP contribution in [0.4, 0.5) is 5.69 Å². The summed E-state index contributed by atoms with van der Waals surface area (Å²) in [6, 6.07) is 4.82. The summed E-state index contributed by atoms with van der Waals surface area (Å²) in [6.07, 6.45) is 0. The van der Waals surface area contributed by atoms with E-state index in [1.54, 1.807) is 12.1 Å². The normalized spacial score (nSPS) is 9.62. The molecule has 86 valence electrons. The molecule has 0 heterocycles. The number of nitrogens with two attached hydrogens (primary N) is 1. The van der Waals surface area contributed by atoms with Gasteiger partial charge in [-0.25, -0.2) is 0 Å². The molecular weight excluding hydrogens is 276 g/mol. The van der Waals surface area contributed by atoms with Crippen LogP contribution in [0, 0.1) is 0 Å². The molecule has 1 aromatic rings. The van der Waals surface area contributed by atoms with E-state index >= 15 is 0 Å². The average molecular weight is 287 g/mol. The van der Waals surface area contributed by atoms with Crippen LogP contribution in [0.25, 0.3) is 0 Å². The van der Waals surface area contributed by atoms with Crippen LogP contribution in [0.5, 0.6) is 0 Å². The highest BCUT2D eigenvalue weighted by Gasteiger charge is 2.09. The van der Waals surface area contributed by atoms with E-state index in [0.717, 1.165) is 0 Å². The number of anilines is 1. The fraction of sp³-hybridized carbons (Fsp3) is 0.200. The number of methoxy groups -OCH3 is 1. The molecule has 0 saturated carbocycles. The molecule has 3 N–H and O–H groups in total. The van der Waals surface area contributed by atoms with Crippen LogP contribution >= 0.6 is 15.9 Å². The van der Waals surface area contributed by atoms with Crippen LogP contribution in [0.2, 0.25) is 0 Å². The van der Waals surface area contributed by atoms with Crippen molar-refractivity contribution in [2.24, 2.45) is 0 Å². The SMILES string of the molecule is COC(=O)CNC(=O)c1cc(N)cc(Br)c1. The maximum absolute atomic E-state index is 11.6. The molecule has 0 bridgehead atoms. The van der Waals surface area contributed by atoms with Crippen LogP contribution in [0.1, 0.15) is 10.4 Å². The lowest BCUT2D eigenvalue weighted by molar-refractivity contribution is -0.139. The van der Waals surface area contributed by atoms with Gasteiger partial charge in [-0.05, 0) is 18.2 Å². The number of nitrogens with one attached hydrogen (secondary N) is 1. The van der Waals surface area contributed by atoms with Crippen molar-refractivity contribution < 1.29 is 14.3 Å². The van der Waals surface area contributed by atoms with Gasteiger partial charge in [-0.15, -0.1) is 0 Å². The molecule has 0 spiro atoms. The van der Waals surface area contributed by atoms with Gasteiger partial charge in [-0.2, -0.15) is 0 Å². The minimum atomic E-state index is -0.503. The van der Waals surface area contributed by atoms with Gasteiger partial charge in [0.1, 0.15) is 6.54 Å². The first kappa shape index (κ1) is 12.5. The van der Waals surface area contributed by atoms with E-state index in [9.17, 15) is 9.59 Å². The Morgan fingerprint density at radius 3 is 2.69 bits per heavy atom. The molecule has 5 nitrogen and oxygen atoms in total. The Bertz CT molecular complexity index is 400. The van der Waals surface area contributed by atoms with Crippen molar-refractivity contribution >= 4 is 33.5 Å². The van der Waals surface area contributed by atoms with Crippen molar-refractivity contribution in [3.8, 4) is 0 Å². The lowest BCUT2D eigenvalue weighted by atomic mass is 10.2. The summed E-state index contributed by atoms with van der Waals surface area (Å²) in [5.74, 6) is -0.880. The van der Waals surface area contributed by atoms with Gasteiger partial charge in [-0.3, -0.25) is 9.59 Å². The van der Waals surface area contributed by atoms with Crippen LogP contribution in [-0.4, -0.2) is 25.5 Å². The number of nitrogen functional groups attached to an aromatic ring is 1. The Labute approximate surface area is 101 Å². The summed E-state index contributed by atoms with van der Waals surface area (Å²) in [7, 11) is 1.26. The van der Waals surface area contributed by atoms with Crippen LogP contribution < -0.4 is 11.1 Å². The van der Waals surface area contributed by atoms with Crippen molar-refractivity contribution in [2.75, 3.05) is 19.4 Å². The van der Waals surface area contributed by atoms with Gasteiger partial charge in [-0.1, -0.05) is 15.9 Å². The average Bonchev–Trinajstić information content (AvgIpc) is 2.23. The minimum Gasteiger partial charge on any atom is -0.468 e. The van der Waals surface area contributed by atoms with Crippen LogP contribution in [-0.2, 0) is 9.53 Å². The number of ether oxygens (including phenoxy) is 1. The summed E-state index contributed by atoms with van der Waals surface area (Å²) >= 11 is 3.22. The van der Waals surface area contributed by atoms with Gasteiger partial charge in [0, 0.05) is 15.7 Å². The second kappa shape index (κ2) is 5.50. The summed E-state index contributed by atoms with van der Waals surface area (Å²) in [5, 5.41) is 2.41. The van der Waals surface area contributed by atoms with E-state index in [4.69, 9.17) is 5.73 Å². The van der Waals surface area contributed by atoms with E-state index in [2.05, 4.69) is 26.0 Å². The van der Waals surface area contributed by atoms with Crippen molar-refractivity contribution in [1.29, 1.82) is 0 Å². The third kappa shape index (κ3) is 3.54. The summed E-state index contributed by atoms with van der Waals surface area (Å²) in [5.41, 5.74) is 6.43. The first-order chi connectivity index (χ1) is 7.52. The molecule has 0 radical (unpaired) electrons. The standard InChI is InChI=1S/C10H11BrN2O3/c1-16-9(14)5-13-10(15)6-2-7(11)4-8(12)3-6/h2-4H,5,12H2,1H3,(H,13,15). The van der Waals surface area contributed by atoms with Crippen LogP contribution in [0.15, 0.2) is 22.7 Å². The molecule has 0 aliphatic rings. The lowest BCUT2D eigenvalue weighted by Gasteiger charge is -2.05. The van der Waals surface area contributed by atoms with Gasteiger partial charge in [0.05, 0.1) is 7.11 Å². The van der Waals surface area contributed by atoms with Gasteiger partial charge >= 0.3 is 5.97 Å². The molecular formula is C10H11BrN2O3. The number of rotatable bonds is 3. The molecule has 1 amide bonds. The molecule has 0 saturated heterocycles. The number of hydrogen-bond donors (Lipinski definition) is 2. The van der Waals surface area contributed by atoms with Gasteiger partial charge in [0.15, 0.2) is 0 Å². The summed E-state index contributed by atoms with van der Waals surface area (Å²) < 4.78 is 5.10. The van der Waals surface area contributed by atoms with Crippen molar-refractivity contribution in [1.82, 2.24) is 5.32 Å². The fourth-order valence-corrected chi connectivity index (χ4v) is 1.58. The zero-order valence-corrected chi connectivity index (χ0v) is 10.2. The van der Waals surface area contributed by atoms with Crippen molar-refractivity contribution in [3.63, 3.8) is 0 Å². The van der Waals surface area contributed by atoms with E-state index in [0.29, 0.717) is 15.7 Å². The topological polar surface area (TPSA) is 81.4 Å². The summed E-state index contributed by atoms with van der Waals surface area (Å²) in [4.78, 5) is 22.4. The van der Waals surface area contributed by atoms with Gasteiger partial charge in [0.2, 0.25) is 0 Å².